The lowest BCUT2D eigenvalue weighted by Gasteiger charge is -2.12. The minimum atomic E-state index is -0.301. The molecule has 0 unspecified atom stereocenters. The third-order valence-electron chi connectivity index (χ3n) is 3.22. The van der Waals surface area contributed by atoms with E-state index in [1.54, 1.807) is 30.3 Å². The Hall–Kier alpha value is -2.53. The fraction of sp³-hybridized carbons (Fsp3) is 0.176. The van der Waals surface area contributed by atoms with Gasteiger partial charge in [-0.25, -0.2) is 0 Å². The second kappa shape index (κ2) is 7.15. The molecular weight excluding hydrogens is 316 g/mol. The SMILES string of the molecule is COc1ccc(C(=O)Nc2cc(Cl)ccc2C)cc1NC(C)=O. The van der Waals surface area contributed by atoms with Gasteiger partial charge in [-0.15, -0.1) is 0 Å². The molecule has 0 aliphatic carbocycles. The maximum atomic E-state index is 12.4. The first-order valence-corrected chi connectivity index (χ1v) is 7.31. The summed E-state index contributed by atoms with van der Waals surface area (Å²) < 4.78 is 5.17. The number of rotatable bonds is 4. The molecule has 0 saturated heterocycles. The van der Waals surface area contributed by atoms with Crippen LogP contribution in [0.15, 0.2) is 36.4 Å². The third-order valence-corrected chi connectivity index (χ3v) is 3.46. The van der Waals surface area contributed by atoms with Crippen molar-refractivity contribution in [1.82, 2.24) is 0 Å². The van der Waals surface area contributed by atoms with E-state index >= 15 is 0 Å². The van der Waals surface area contributed by atoms with E-state index < -0.39 is 0 Å². The molecule has 0 aromatic heterocycles. The van der Waals surface area contributed by atoms with E-state index in [9.17, 15) is 9.59 Å². The summed E-state index contributed by atoms with van der Waals surface area (Å²) in [7, 11) is 1.50. The second-order valence-electron chi connectivity index (χ2n) is 5.01. The average molecular weight is 333 g/mol. The van der Waals surface area contributed by atoms with E-state index in [4.69, 9.17) is 16.3 Å². The van der Waals surface area contributed by atoms with Gasteiger partial charge in [0.1, 0.15) is 5.75 Å². The third kappa shape index (κ3) is 4.23. The zero-order valence-electron chi connectivity index (χ0n) is 13.1. The van der Waals surface area contributed by atoms with Crippen LogP contribution in [0.5, 0.6) is 5.75 Å². The minimum Gasteiger partial charge on any atom is -0.495 e. The fourth-order valence-electron chi connectivity index (χ4n) is 2.06. The van der Waals surface area contributed by atoms with Gasteiger partial charge >= 0.3 is 0 Å². The van der Waals surface area contributed by atoms with Crippen molar-refractivity contribution in [1.29, 1.82) is 0 Å². The van der Waals surface area contributed by atoms with Crippen LogP contribution in [0.2, 0.25) is 5.02 Å². The van der Waals surface area contributed by atoms with Crippen LogP contribution in [0.4, 0.5) is 11.4 Å². The van der Waals surface area contributed by atoms with E-state index in [0.717, 1.165) is 5.56 Å². The van der Waals surface area contributed by atoms with Gasteiger partial charge in [0, 0.05) is 23.2 Å². The Morgan fingerprint density at radius 3 is 2.43 bits per heavy atom. The molecule has 6 heteroatoms. The maximum Gasteiger partial charge on any atom is 0.255 e. The lowest BCUT2D eigenvalue weighted by atomic mass is 10.1. The number of methoxy groups -OCH3 is 1. The van der Waals surface area contributed by atoms with Crippen molar-refractivity contribution >= 4 is 34.8 Å². The molecular formula is C17H17ClN2O3. The van der Waals surface area contributed by atoms with Crippen LogP contribution < -0.4 is 15.4 Å². The monoisotopic (exact) mass is 332 g/mol. The highest BCUT2D eigenvalue weighted by molar-refractivity contribution is 6.31. The zero-order valence-corrected chi connectivity index (χ0v) is 13.8. The summed E-state index contributed by atoms with van der Waals surface area (Å²) in [6.07, 6.45) is 0. The number of nitrogens with one attached hydrogen (secondary N) is 2. The minimum absolute atomic E-state index is 0.244. The van der Waals surface area contributed by atoms with Crippen LogP contribution in [0.3, 0.4) is 0 Å². The van der Waals surface area contributed by atoms with Crippen LogP contribution in [-0.4, -0.2) is 18.9 Å². The Balaban J connectivity index is 2.28. The Morgan fingerprint density at radius 1 is 1.04 bits per heavy atom. The van der Waals surface area contributed by atoms with Crippen LogP contribution in [0.1, 0.15) is 22.8 Å². The average Bonchev–Trinajstić information content (AvgIpc) is 2.50. The first-order chi connectivity index (χ1) is 10.9. The lowest BCUT2D eigenvalue weighted by Crippen LogP contribution is -2.14. The summed E-state index contributed by atoms with van der Waals surface area (Å²) in [6, 6.07) is 10.1. The second-order valence-corrected chi connectivity index (χ2v) is 5.45. The highest BCUT2D eigenvalue weighted by Crippen LogP contribution is 2.26. The summed E-state index contributed by atoms with van der Waals surface area (Å²) in [5.74, 6) is -0.0631. The number of carbonyl (C=O) groups excluding carboxylic acids is 2. The number of anilines is 2. The molecule has 2 aromatic carbocycles. The normalized spacial score (nSPS) is 10.1. The van der Waals surface area contributed by atoms with E-state index in [-0.39, 0.29) is 11.8 Å². The summed E-state index contributed by atoms with van der Waals surface area (Å²) >= 11 is 5.95. The Kier molecular flexibility index (Phi) is 5.24. The first-order valence-electron chi connectivity index (χ1n) is 6.94. The highest BCUT2D eigenvalue weighted by Gasteiger charge is 2.12. The molecule has 2 N–H and O–H groups in total. The molecule has 0 aliphatic heterocycles. The molecule has 0 spiro atoms. The molecule has 2 amide bonds. The maximum absolute atomic E-state index is 12.4. The van der Waals surface area contributed by atoms with Gasteiger partial charge in [0.05, 0.1) is 12.8 Å². The van der Waals surface area contributed by atoms with Crippen molar-refractivity contribution in [3.05, 3.63) is 52.5 Å². The van der Waals surface area contributed by atoms with Gasteiger partial charge in [-0.2, -0.15) is 0 Å². The van der Waals surface area contributed by atoms with Crippen molar-refractivity contribution in [3.8, 4) is 5.75 Å². The van der Waals surface area contributed by atoms with Crippen LogP contribution in [0.25, 0.3) is 0 Å². The number of aryl methyl sites for hydroxylation is 1. The molecule has 0 atom stereocenters. The molecule has 0 saturated carbocycles. The predicted octanol–water partition coefficient (Wildman–Crippen LogP) is 3.87. The van der Waals surface area contributed by atoms with Crippen molar-refractivity contribution in [2.24, 2.45) is 0 Å². The van der Waals surface area contributed by atoms with Gasteiger partial charge in [0.25, 0.3) is 5.91 Å². The summed E-state index contributed by atoms with van der Waals surface area (Å²) in [5, 5.41) is 5.99. The molecule has 0 bridgehead atoms. The molecule has 23 heavy (non-hydrogen) atoms. The highest BCUT2D eigenvalue weighted by atomic mass is 35.5. The predicted molar refractivity (Wildman–Crippen MR) is 91.4 cm³/mol. The Labute approximate surface area is 139 Å². The number of halogens is 1. The number of ether oxygens (including phenoxy) is 1. The first kappa shape index (κ1) is 16.8. The van der Waals surface area contributed by atoms with Crippen molar-refractivity contribution in [2.75, 3.05) is 17.7 Å². The molecule has 0 aliphatic rings. The number of hydrogen-bond acceptors (Lipinski definition) is 3. The van der Waals surface area contributed by atoms with Gasteiger partial charge in [0.2, 0.25) is 5.91 Å². The van der Waals surface area contributed by atoms with Gasteiger partial charge in [-0.3, -0.25) is 9.59 Å². The van der Waals surface area contributed by atoms with Crippen LogP contribution in [0, 0.1) is 6.92 Å². The largest absolute Gasteiger partial charge is 0.495 e. The Bertz CT molecular complexity index is 759. The standard InChI is InChI=1S/C17H17ClN2O3/c1-10-4-6-13(18)9-14(10)20-17(22)12-5-7-16(23-3)15(8-12)19-11(2)21/h4-9H,1-3H3,(H,19,21)(H,20,22). The van der Waals surface area contributed by atoms with Gasteiger partial charge in [0.15, 0.2) is 0 Å². The van der Waals surface area contributed by atoms with Gasteiger partial charge < -0.3 is 15.4 Å². The smallest absolute Gasteiger partial charge is 0.255 e. The zero-order chi connectivity index (χ0) is 17.0. The van der Waals surface area contributed by atoms with E-state index in [1.807, 2.05) is 13.0 Å². The van der Waals surface area contributed by atoms with Gasteiger partial charge in [-0.05, 0) is 42.8 Å². The molecule has 0 heterocycles. The summed E-state index contributed by atoms with van der Waals surface area (Å²) in [4.78, 5) is 23.7. The molecule has 120 valence electrons. The number of carbonyl (C=O) groups is 2. The number of amides is 2. The van der Waals surface area contributed by atoms with Crippen LogP contribution >= 0.6 is 11.6 Å². The molecule has 0 radical (unpaired) electrons. The van der Waals surface area contributed by atoms with E-state index in [1.165, 1.54) is 14.0 Å². The van der Waals surface area contributed by atoms with Crippen molar-refractivity contribution in [2.45, 2.75) is 13.8 Å². The van der Waals surface area contributed by atoms with E-state index in [0.29, 0.717) is 27.7 Å². The van der Waals surface area contributed by atoms with E-state index in [2.05, 4.69) is 10.6 Å². The van der Waals surface area contributed by atoms with Gasteiger partial charge in [-0.1, -0.05) is 17.7 Å². The number of hydrogen-bond donors (Lipinski definition) is 2. The molecule has 5 nitrogen and oxygen atoms in total. The summed E-state index contributed by atoms with van der Waals surface area (Å²) in [6.45, 7) is 3.27. The fourth-order valence-corrected chi connectivity index (χ4v) is 2.23. The topological polar surface area (TPSA) is 67.4 Å². The number of benzene rings is 2. The van der Waals surface area contributed by atoms with Crippen molar-refractivity contribution < 1.29 is 14.3 Å². The molecule has 2 aromatic rings. The Morgan fingerprint density at radius 2 is 1.78 bits per heavy atom. The lowest BCUT2D eigenvalue weighted by molar-refractivity contribution is -0.114. The van der Waals surface area contributed by atoms with Crippen molar-refractivity contribution in [3.63, 3.8) is 0 Å². The molecule has 2 rings (SSSR count). The quantitative estimate of drug-likeness (QED) is 0.893. The summed E-state index contributed by atoms with van der Waals surface area (Å²) in [5.41, 5.74) is 2.38. The molecule has 0 fully saturated rings. The van der Waals surface area contributed by atoms with Crippen LogP contribution in [-0.2, 0) is 4.79 Å².